The summed E-state index contributed by atoms with van der Waals surface area (Å²) in [7, 11) is 1.62. The van der Waals surface area contributed by atoms with Gasteiger partial charge >= 0.3 is 0 Å². The highest BCUT2D eigenvalue weighted by Crippen LogP contribution is 2.30. The van der Waals surface area contributed by atoms with Crippen molar-refractivity contribution in [3.8, 4) is 11.5 Å². The van der Waals surface area contributed by atoms with Crippen LogP contribution in [0.5, 0.6) is 11.5 Å². The molecule has 0 aliphatic rings. The maximum Gasteiger partial charge on any atom is 0.196 e. The summed E-state index contributed by atoms with van der Waals surface area (Å²) in [6.45, 7) is 9.85. The number of benzene rings is 1. The molecule has 2 rings (SSSR count). The van der Waals surface area contributed by atoms with Crippen LogP contribution in [0.4, 0.5) is 5.69 Å². The summed E-state index contributed by atoms with van der Waals surface area (Å²) in [5.74, 6) is 3.10. The van der Waals surface area contributed by atoms with Crippen LogP contribution in [-0.4, -0.2) is 31.4 Å². The monoisotopic (exact) mass is 488 g/mol. The average Bonchev–Trinajstić information content (AvgIpc) is 3.10. The standard InChI is InChI=1S/C19H28N4O3.HI/c1-6-20-19(21-12-15-11-16(13(3)4)23-26-15)22-14-8-9-17(25-7-2)18(10-14)24-5;/h8-11,13H,6-7,12H2,1-5H3,(H2,20,21,22);1H. The largest absolute Gasteiger partial charge is 0.493 e. The molecule has 150 valence electrons. The van der Waals surface area contributed by atoms with Crippen molar-refractivity contribution >= 4 is 35.6 Å². The van der Waals surface area contributed by atoms with Crippen molar-refractivity contribution in [3.63, 3.8) is 0 Å². The first-order valence-electron chi connectivity index (χ1n) is 8.89. The molecular weight excluding hydrogens is 459 g/mol. The third-order valence-corrected chi connectivity index (χ3v) is 3.63. The number of methoxy groups -OCH3 is 1. The minimum atomic E-state index is 0. The van der Waals surface area contributed by atoms with Gasteiger partial charge in [0.2, 0.25) is 0 Å². The first kappa shape index (κ1) is 23.1. The summed E-state index contributed by atoms with van der Waals surface area (Å²) in [5.41, 5.74) is 1.79. The molecule has 0 unspecified atom stereocenters. The summed E-state index contributed by atoms with van der Waals surface area (Å²) in [6.07, 6.45) is 0. The van der Waals surface area contributed by atoms with Gasteiger partial charge in [0.1, 0.15) is 6.54 Å². The van der Waals surface area contributed by atoms with Gasteiger partial charge in [-0.15, -0.1) is 24.0 Å². The van der Waals surface area contributed by atoms with Crippen LogP contribution in [0.25, 0.3) is 0 Å². The van der Waals surface area contributed by atoms with Crippen molar-refractivity contribution in [2.75, 3.05) is 25.6 Å². The van der Waals surface area contributed by atoms with Gasteiger partial charge in [-0.3, -0.25) is 0 Å². The second kappa shape index (κ2) is 11.7. The lowest BCUT2D eigenvalue weighted by atomic mass is 10.1. The fraction of sp³-hybridized carbons (Fsp3) is 0.474. The fourth-order valence-corrected chi connectivity index (χ4v) is 2.30. The number of rotatable bonds is 8. The molecule has 0 saturated heterocycles. The number of nitrogens with zero attached hydrogens (tertiary/aromatic N) is 2. The van der Waals surface area contributed by atoms with Crippen LogP contribution >= 0.6 is 24.0 Å². The van der Waals surface area contributed by atoms with E-state index in [4.69, 9.17) is 14.0 Å². The highest BCUT2D eigenvalue weighted by molar-refractivity contribution is 14.0. The number of guanidine groups is 1. The highest BCUT2D eigenvalue weighted by atomic mass is 127. The van der Waals surface area contributed by atoms with E-state index in [0.29, 0.717) is 36.5 Å². The number of aromatic nitrogens is 1. The van der Waals surface area contributed by atoms with Gasteiger partial charge in [-0.25, -0.2) is 4.99 Å². The van der Waals surface area contributed by atoms with Crippen molar-refractivity contribution in [2.45, 2.75) is 40.2 Å². The van der Waals surface area contributed by atoms with E-state index in [9.17, 15) is 0 Å². The minimum absolute atomic E-state index is 0. The molecule has 0 saturated carbocycles. The summed E-state index contributed by atoms with van der Waals surface area (Å²) >= 11 is 0. The number of anilines is 1. The number of hydrogen-bond donors (Lipinski definition) is 2. The Labute approximate surface area is 177 Å². The van der Waals surface area contributed by atoms with Crippen molar-refractivity contribution in [2.24, 2.45) is 4.99 Å². The molecule has 0 fully saturated rings. The van der Waals surface area contributed by atoms with E-state index in [1.54, 1.807) is 7.11 Å². The Hall–Kier alpha value is -1.97. The summed E-state index contributed by atoms with van der Waals surface area (Å²) in [5, 5.41) is 10.5. The van der Waals surface area contributed by atoms with Crippen LogP contribution in [-0.2, 0) is 6.54 Å². The lowest BCUT2D eigenvalue weighted by molar-refractivity contribution is 0.311. The lowest BCUT2D eigenvalue weighted by Crippen LogP contribution is -2.30. The van der Waals surface area contributed by atoms with Crippen LogP contribution in [0.15, 0.2) is 33.8 Å². The van der Waals surface area contributed by atoms with Crippen molar-refractivity contribution in [1.29, 1.82) is 0 Å². The second-order valence-corrected chi connectivity index (χ2v) is 5.99. The first-order chi connectivity index (χ1) is 12.6. The van der Waals surface area contributed by atoms with Crippen molar-refractivity contribution < 1.29 is 14.0 Å². The molecule has 7 nitrogen and oxygen atoms in total. The van der Waals surface area contributed by atoms with Gasteiger partial charge < -0.3 is 24.6 Å². The predicted octanol–water partition coefficient (Wildman–Crippen LogP) is 4.40. The van der Waals surface area contributed by atoms with E-state index >= 15 is 0 Å². The quantitative estimate of drug-likeness (QED) is 0.326. The summed E-state index contributed by atoms with van der Waals surface area (Å²) in [6, 6.07) is 7.62. The van der Waals surface area contributed by atoms with Gasteiger partial charge in [0.05, 0.1) is 19.4 Å². The molecule has 2 N–H and O–H groups in total. The number of halogens is 1. The Kier molecular flexibility index (Phi) is 9.98. The minimum Gasteiger partial charge on any atom is -0.493 e. The van der Waals surface area contributed by atoms with E-state index in [1.165, 1.54) is 0 Å². The summed E-state index contributed by atoms with van der Waals surface area (Å²) < 4.78 is 16.3. The van der Waals surface area contributed by atoms with Gasteiger partial charge in [0.25, 0.3) is 0 Å². The maximum absolute atomic E-state index is 5.54. The Bertz CT molecular complexity index is 731. The zero-order valence-electron chi connectivity index (χ0n) is 16.5. The molecule has 1 aromatic heterocycles. The predicted molar refractivity (Wildman–Crippen MR) is 119 cm³/mol. The Morgan fingerprint density at radius 2 is 2.00 bits per heavy atom. The van der Waals surface area contributed by atoms with E-state index in [0.717, 1.165) is 23.7 Å². The molecule has 0 aliphatic heterocycles. The van der Waals surface area contributed by atoms with Crippen molar-refractivity contribution in [3.05, 3.63) is 35.7 Å². The SMILES string of the molecule is CCNC(=NCc1cc(C(C)C)no1)Nc1ccc(OCC)c(OC)c1.I. The van der Waals surface area contributed by atoms with Crippen molar-refractivity contribution in [1.82, 2.24) is 10.5 Å². The van der Waals surface area contributed by atoms with E-state index in [1.807, 2.05) is 38.1 Å². The highest BCUT2D eigenvalue weighted by Gasteiger charge is 2.09. The van der Waals surface area contributed by atoms with Crippen LogP contribution in [0.1, 0.15) is 45.1 Å². The molecule has 0 atom stereocenters. The van der Waals surface area contributed by atoms with Crippen LogP contribution < -0.4 is 20.1 Å². The topological polar surface area (TPSA) is 80.9 Å². The molecule has 0 radical (unpaired) electrons. The van der Waals surface area contributed by atoms with Gasteiger partial charge in [0, 0.05) is 24.4 Å². The first-order valence-corrected chi connectivity index (χ1v) is 8.89. The zero-order valence-corrected chi connectivity index (χ0v) is 18.9. The van der Waals surface area contributed by atoms with E-state index in [2.05, 4.69) is 34.6 Å². The second-order valence-electron chi connectivity index (χ2n) is 5.99. The Morgan fingerprint density at radius 1 is 1.22 bits per heavy atom. The molecular formula is C19H29IN4O3. The Balaban J connectivity index is 0.00000364. The molecule has 0 spiro atoms. The van der Waals surface area contributed by atoms with Crippen LogP contribution in [0.2, 0.25) is 0 Å². The molecule has 1 heterocycles. The number of hydrogen-bond acceptors (Lipinski definition) is 5. The fourth-order valence-electron chi connectivity index (χ4n) is 2.30. The third-order valence-electron chi connectivity index (χ3n) is 3.63. The maximum atomic E-state index is 5.54. The molecule has 2 aromatic rings. The van der Waals surface area contributed by atoms with E-state index < -0.39 is 0 Å². The molecule has 0 amide bonds. The third kappa shape index (κ3) is 6.93. The van der Waals surface area contributed by atoms with Gasteiger partial charge in [-0.05, 0) is 31.9 Å². The van der Waals surface area contributed by atoms with Gasteiger partial charge in [-0.1, -0.05) is 19.0 Å². The number of nitrogens with one attached hydrogen (secondary N) is 2. The molecule has 8 heteroatoms. The smallest absolute Gasteiger partial charge is 0.196 e. The van der Waals surface area contributed by atoms with Gasteiger partial charge in [-0.2, -0.15) is 0 Å². The molecule has 1 aromatic carbocycles. The molecule has 0 aliphatic carbocycles. The molecule has 0 bridgehead atoms. The van der Waals surface area contributed by atoms with Gasteiger partial charge in [0.15, 0.2) is 23.2 Å². The van der Waals surface area contributed by atoms with Crippen LogP contribution in [0.3, 0.4) is 0 Å². The average molecular weight is 488 g/mol. The zero-order chi connectivity index (χ0) is 18.9. The number of ether oxygens (including phenoxy) is 2. The van der Waals surface area contributed by atoms with E-state index in [-0.39, 0.29) is 24.0 Å². The number of aliphatic imine (C=N–C) groups is 1. The van der Waals surface area contributed by atoms with Crippen LogP contribution in [0, 0.1) is 0 Å². The lowest BCUT2D eigenvalue weighted by Gasteiger charge is -2.14. The normalized spacial score (nSPS) is 11.1. The molecule has 27 heavy (non-hydrogen) atoms. The summed E-state index contributed by atoms with van der Waals surface area (Å²) in [4.78, 5) is 4.55. The Morgan fingerprint density at radius 3 is 2.59 bits per heavy atom.